The lowest BCUT2D eigenvalue weighted by atomic mass is 10.1. The number of nitriles is 1. The van der Waals surface area contributed by atoms with Crippen LogP contribution in [0.3, 0.4) is 0 Å². The van der Waals surface area contributed by atoms with E-state index in [0.717, 1.165) is 17.8 Å². The second kappa shape index (κ2) is 4.58. The summed E-state index contributed by atoms with van der Waals surface area (Å²) in [6.45, 7) is 2.72. The molecule has 0 bridgehead atoms. The van der Waals surface area contributed by atoms with Gasteiger partial charge in [0, 0.05) is 13.0 Å². The maximum Gasteiger partial charge on any atom is 0.186 e. The summed E-state index contributed by atoms with van der Waals surface area (Å²) in [6.07, 6.45) is 0.699. The van der Waals surface area contributed by atoms with Crippen molar-refractivity contribution in [3.63, 3.8) is 0 Å². The van der Waals surface area contributed by atoms with Crippen molar-refractivity contribution in [2.75, 3.05) is 0 Å². The van der Waals surface area contributed by atoms with Gasteiger partial charge in [0.1, 0.15) is 6.07 Å². The van der Waals surface area contributed by atoms with Gasteiger partial charge in [-0.3, -0.25) is 0 Å². The van der Waals surface area contributed by atoms with Crippen LogP contribution in [0.15, 0.2) is 30.3 Å². The summed E-state index contributed by atoms with van der Waals surface area (Å²) in [4.78, 5) is 0. The van der Waals surface area contributed by atoms with Gasteiger partial charge < -0.3 is 0 Å². The van der Waals surface area contributed by atoms with Crippen LogP contribution in [0, 0.1) is 11.3 Å². The maximum atomic E-state index is 8.94. The molecule has 0 atom stereocenters. The molecule has 0 saturated carbocycles. The fraction of sp³-hybridized carbons (Fsp3) is 0.250. The molecule has 80 valence electrons. The molecule has 0 aliphatic carbocycles. The highest BCUT2D eigenvalue weighted by Crippen LogP contribution is 2.11. The molecule has 0 saturated heterocycles. The first-order chi connectivity index (χ1) is 7.85. The van der Waals surface area contributed by atoms with Crippen LogP contribution < -0.4 is 0 Å². The van der Waals surface area contributed by atoms with Crippen LogP contribution in [0.4, 0.5) is 0 Å². The Morgan fingerprint density at radius 2 is 2.06 bits per heavy atom. The molecular formula is C12H12N4. The summed E-state index contributed by atoms with van der Waals surface area (Å²) in [7, 11) is 0. The Labute approximate surface area is 94.1 Å². The van der Waals surface area contributed by atoms with Crippen LogP contribution in [-0.2, 0) is 13.0 Å². The molecule has 4 heteroatoms. The Balaban J connectivity index is 2.34. The zero-order valence-electron chi connectivity index (χ0n) is 9.09. The Morgan fingerprint density at radius 3 is 2.69 bits per heavy atom. The van der Waals surface area contributed by atoms with E-state index in [1.54, 1.807) is 4.68 Å². The van der Waals surface area contributed by atoms with Crippen molar-refractivity contribution in [3.05, 3.63) is 47.3 Å². The zero-order chi connectivity index (χ0) is 11.4. The molecule has 0 spiro atoms. The van der Waals surface area contributed by atoms with Gasteiger partial charge in [-0.25, -0.2) is 4.68 Å². The van der Waals surface area contributed by atoms with Gasteiger partial charge in [-0.2, -0.15) is 5.26 Å². The molecule has 16 heavy (non-hydrogen) atoms. The van der Waals surface area contributed by atoms with E-state index in [0.29, 0.717) is 12.1 Å². The van der Waals surface area contributed by atoms with E-state index in [2.05, 4.69) is 16.4 Å². The Hall–Kier alpha value is -2.15. The van der Waals surface area contributed by atoms with Gasteiger partial charge in [0.15, 0.2) is 5.69 Å². The van der Waals surface area contributed by atoms with E-state index in [1.165, 1.54) is 0 Å². The summed E-state index contributed by atoms with van der Waals surface area (Å²) in [6, 6.07) is 12.1. The molecular weight excluding hydrogens is 200 g/mol. The average Bonchev–Trinajstić information content (AvgIpc) is 2.72. The third-order valence-corrected chi connectivity index (χ3v) is 2.46. The van der Waals surface area contributed by atoms with Crippen molar-refractivity contribution in [2.45, 2.75) is 19.9 Å². The van der Waals surface area contributed by atoms with Gasteiger partial charge in [0.25, 0.3) is 0 Å². The van der Waals surface area contributed by atoms with Crippen molar-refractivity contribution in [3.8, 4) is 6.07 Å². The third kappa shape index (κ3) is 1.94. The molecule has 0 unspecified atom stereocenters. The minimum Gasteiger partial charge on any atom is -0.248 e. The van der Waals surface area contributed by atoms with Gasteiger partial charge >= 0.3 is 0 Å². The quantitative estimate of drug-likeness (QED) is 0.779. The van der Waals surface area contributed by atoms with Crippen LogP contribution in [0.1, 0.15) is 23.9 Å². The first-order valence-electron chi connectivity index (χ1n) is 5.21. The zero-order valence-corrected chi connectivity index (χ0v) is 9.09. The standard InChI is InChI=1S/C12H12N4/c1-2-16-12(11(9-13)14-15-16)8-10-6-4-3-5-7-10/h3-7H,2,8H2,1H3. The lowest BCUT2D eigenvalue weighted by Crippen LogP contribution is -2.04. The molecule has 0 fully saturated rings. The van der Waals surface area contributed by atoms with E-state index in [-0.39, 0.29) is 0 Å². The second-order valence-corrected chi connectivity index (χ2v) is 3.47. The highest BCUT2D eigenvalue weighted by molar-refractivity contribution is 5.30. The van der Waals surface area contributed by atoms with Crippen LogP contribution in [-0.4, -0.2) is 15.0 Å². The van der Waals surface area contributed by atoms with Gasteiger partial charge in [0.05, 0.1) is 5.69 Å². The Kier molecular flexibility index (Phi) is 2.97. The number of rotatable bonds is 3. The lowest BCUT2D eigenvalue weighted by Gasteiger charge is -2.03. The van der Waals surface area contributed by atoms with E-state index >= 15 is 0 Å². The molecule has 2 rings (SSSR count). The van der Waals surface area contributed by atoms with E-state index in [1.807, 2.05) is 37.3 Å². The van der Waals surface area contributed by atoms with Gasteiger partial charge in [-0.15, -0.1) is 5.10 Å². The number of nitrogens with zero attached hydrogens (tertiary/aromatic N) is 4. The predicted molar refractivity (Wildman–Crippen MR) is 59.7 cm³/mol. The van der Waals surface area contributed by atoms with Crippen molar-refractivity contribution in [2.24, 2.45) is 0 Å². The SMILES string of the molecule is CCn1nnc(C#N)c1Cc1ccccc1. The minimum absolute atomic E-state index is 0.422. The van der Waals surface area contributed by atoms with E-state index in [4.69, 9.17) is 5.26 Å². The smallest absolute Gasteiger partial charge is 0.186 e. The van der Waals surface area contributed by atoms with Gasteiger partial charge in [0.2, 0.25) is 0 Å². The predicted octanol–water partition coefficient (Wildman–Crippen LogP) is 1.76. The van der Waals surface area contributed by atoms with Gasteiger partial charge in [-0.05, 0) is 12.5 Å². The molecule has 1 aromatic carbocycles. The first kappa shape index (κ1) is 10.4. The van der Waals surface area contributed by atoms with Gasteiger partial charge in [-0.1, -0.05) is 35.5 Å². The molecule has 4 nitrogen and oxygen atoms in total. The monoisotopic (exact) mass is 212 g/mol. The Bertz CT molecular complexity index is 508. The van der Waals surface area contributed by atoms with Crippen LogP contribution >= 0.6 is 0 Å². The molecule has 0 radical (unpaired) electrons. The molecule has 1 aromatic heterocycles. The van der Waals surface area contributed by atoms with Crippen molar-refractivity contribution in [1.29, 1.82) is 5.26 Å². The molecule has 1 heterocycles. The number of hydrogen-bond acceptors (Lipinski definition) is 3. The Morgan fingerprint density at radius 1 is 1.31 bits per heavy atom. The average molecular weight is 212 g/mol. The maximum absolute atomic E-state index is 8.94. The topological polar surface area (TPSA) is 54.5 Å². The molecule has 0 N–H and O–H groups in total. The highest BCUT2D eigenvalue weighted by atomic mass is 15.4. The van der Waals surface area contributed by atoms with Crippen molar-refractivity contribution in [1.82, 2.24) is 15.0 Å². The van der Waals surface area contributed by atoms with Crippen LogP contribution in [0.2, 0.25) is 0 Å². The summed E-state index contributed by atoms with van der Waals surface area (Å²) in [5.41, 5.74) is 2.47. The lowest BCUT2D eigenvalue weighted by molar-refractivity contribution is 0.604. The highest BCUT2D eigenvalue weighted by Gasteiger charge is 2.11. The van der Waals surface area contributed by atoms with Crippen LogP contribution in [0.25, 0.3) is 0 Å². The summed E-state index contributed by atoms with van der Waals surface area (Å²) < 4.78 is 1.77. The third-order valence-electron chi connectivity index (χ3n) is 2.46. The first-order valence-corrected chi connectivity index (χ1v) is 5.21. The molecule has 0 aliphatic rings. The fourth-order valence-electron chi connectivity index (χ4n) is 1.64. The number of hydrogen-bond donors (Lipinski definition) is 0. The summed E-state index contributed by atoms with van der Waals surface area (Å²) in [5.74, 6) is 0. The largest absolute Gasteiger partial charge is 0.248 e. The van der Waals surface area contributed by atoms with E-state index in [9.17, 15) is 0 Å². The molecule has 2 aromatic rings. The van der Waals surface area contributed by atoms with E-state index < -0.39 is 0 Å². The second-order valence-electron chi connectivity index (χ2n) is 3.47. The van der Waals surface area contributed by atoms with Crippen LogP contribution in [0.5, 0.6) is 0 Å². The summed E-state index contributed by atoms with van der Waals surface area (Å²) >= 11 is 0. The molecule has 0 amide bonds. The summed E-state index contributed by atoms with van der Waals surface area (Å²) in [5, 5.41) is 16.7. The number of aromatic nitrogens is 3. The molecule has 0 aliphatic heterocycles. The minimum atomic E-state index is 0.422. The number of benzene rings is 1. The number of aryl methyl sites for hydroxylation is 1. The fourth-order valence-corrected chi connectivity index (χ4v) is 1.64. The van der Waals surface area contributed by atoms with Crippen molar-refractivity contribution >= 4 is 0 Å². The van der Waals surface area contributed by atoms with Crippen molar-refractivity contribution < 1.29 is 0 Å². The normalized spacial score (nSPS) is 10.0.